The van der Waals surface area contributed by atoms with Crippen molar-refractivity contribution in [2.45, 2.75) is 26.2 Å². The van der Waals surface area contributed by atoms with Crippen LogP contribution in [0.25, 0.3) is 0 Å². The standard InChI is InChI=1S/C23H26N2O4/c1-17-3-5-18(6-4-17)7-10-22(26)24-11-2-12-25(14-13-24)23(27)19-8-9-20-21(15-19)29-16-28-20/h3-6,8-9,15H,2,7,10-14,16H2,1H3. The van der Waals surface area contributed by atoms with Gasteiger partial charge in [0.25, 0.3) is 5.91 Å². The van der Waals surface area contributed by atoms with Crippen LogP contribution in [0.3, 0.4) is 0 Å². The van der Waals surface area contributed by atoms with Gasteiger partial charge in [0, 0.05) is 38.2 Å². The highest BCUT2D eigenvalue weighted by Gasteiger charge is 2.24. The van der Waals surface area contributed by atoms with E-state index in [1.165, 1.54) is 11.1 Å². The molecule has 0 unspecified atom stereocenters. The first-order chi connectivity index (χ1) is 14.1. The third kappa shape index (κ3) is 4.53. The summed E-state index contributed by atoms with van der Waals surface area (Å²) in [5.74, 6) is 1.40. The average Bonchev–Trinajstić information content (AvgIpc) is 3.07. The van der Waals surface area contributed by atoms with Crippen molar-refractivity contribution in [2.24, 2.45) is 0 Å². The first kappa shape index (κ1) is 19.3. The number of carbonyl (C=O) groups excluding carboxylic acids is 2. The maximum absolute atomic E-state index is 12.9. The lowest BCUT2D eigenvalue weighted by atomic mass is 10.1. The zero-order valence-corrected chi connectivity index (χ0v) is 16.7. The number of fused-ring (bicyclic) bond motifs is 1. The summed E-state index contributed by atoms with van der Waals surface area (Å²) in [6.07, 6.45) is 2.03. The van der Waals surface area contributed by atoms with Crippen LogP contribution in [0.1, 0.15) is 34.3 Å². The molecule has 1 saturated heterocycles. The van der Waals surface area contributed by atoms with Crippen LogP contribution in [0.2, 0.25) is 0 Å². The number of hydrogen-bond donors (Lipinski definition) is 0. The summed E-state index contributed by atoms with van der Waals surface area (Å²) in [5, 5.41) is 0. The molecule has 2 aromatic rings. The van der Waals surface area contributed by atoms with Gasteiger partial charge in [-0.1, -0.05) is 29.8 Å². The number of ether oxygens (including phenoxy) is 2. The average molecular weight is 394 g/mol. The zero-order valence-electron chi connectivity index (χ0n) is 16.7. The van der Waals surface area contributed by atoms with E-state index in [9.17, 15) is 9.59 Å². The Hall–Kier alpha value is -3.02. The van der Waals surface area contributed by atoms with E-state index in [1.54, 1.807) is 18.2 Å². The second-order valence-corrected chi connectivity index (χ2v) is 7.58. The molecule has 0 aromatic heterocycles. The molecule has 2 aliphatic rings. The van der Waals surface area contributed by atoms with Gasteiger partial charge in [-0.3, -0.25) is 9.59 Å². The first-order valence-electron chi connectivity index (χ1n) is 10.1. The van der Waals surface area contributed by atoms with Crippen molar-refractivity contribution in [2.75, 3.05) is 33.0 Å². The summed E-state index contributed by atoms with van der Waals surface area (Å²) in [6.45, 7) is 4.71. The number of nitrogens with zero attached hydrogens (tertiary/aromatic N) is 2. The zero-order chi connectivity index (χ0) is 20.2. The summed E-state index contributed by atoms with van der Waals surface area (Å²) in [6, 6.07) is 13.6. The molecule has 0 N–H and O–H groups in total. The Morgan fingerprint density at radius 3 is 2.45 bits per heavy atom. The van der Waals surface area contributed by atoms with Gasteiger partial charge in [-0.2, -0.15) is 0 Å². The number of aryl methyl sites for hydroxylation is 2. The Morgan fingerprint density at radius 2 is 1.62 bits per heavy atom. The maximum Gasteiger partial charge on any atom is 0.254 e. The van der Waals surface area contributed by atoms with E-state index >= 15 is 0 Å². The van der Waals surface area contributed by atoms with Crippen molar-refractivity contribution in [3.05, 3.63) is 59.2 Å². The lowest BCUT2D eigenvalue weighted by Crippen LogP contribution is -2.37. The highest BCUT2D eigenvalue weighted by atomic mass is 16.7. The first-order valence-corrected chi connectivity index (χ1v) is 10.1. The molecule has 0 bridgehead atoms. The number of hydrogen-bond acceptors (Lipinski definition) is 4. The highest BCUT2D eigenvalue weighted by molar-refractivity contribution is 5.95. The molecule has 1 fully saturated rings. The Kier molecular flexibility index (Phi) is 5.69. The van der Waals surface area contributed by atoms with Gasteiger partial charge >= 0.3 is 0 Å². The van der Waals surface area contributed by atoms with Gasteiger partial charge in [0.2, 0.25) is 12.7 Å². The van der Waals surface area contributed by atoms with Crippen molar-refractivity contribution in [3.8, 4) is 11.5 Å². The molecule has 29 heavy (non-hydrogen) atoms. The van der Waals surface area contributed by atoms with Gasteiger partial charge < -0.3 is 19.3 Å². The second-order valence-electron chi connectivity index (χ2n) is 7.58. The molecule has 2 amide bonds. The molecule has 2 aromatic carbocycles. The number of carbonyl (C=O) groups is 2. The quantitative estimate of drug-likeness (QED) is 0.800. The van der Waals surface area contributed by atoms with E-state index in [-0.39, 0.29) is 18.6 Å². The molecule has 6 heteroatoms. The fourth-order valence-electron chi connectivity index (χ4n) is 3.75. The van der Waals surface area contributed by atoms with Crippen LogP contribution in [0.15, 0.2) is 42.5 Å². The van der Waals surface area contributed by atoms with Crippen LogP contribution in [-0.4, -0.2) is 54.6 Å². The normalized spacial score (nSPS) is 15.9. The highest BCUT2D eigenvalue weighted by Crippen LogP contribution is 2.32. The molecule has 0 spiro atoms. The third-order valence-corrected chi connectivity index (χ3v) is 5.50. The van der Waals surface area contributed by atoms with Gasteiger partial charge in [-0.05, 0) is 43.5 Å². The molecule has 2 aliphatic heterocycles. The Morgan fingerprint density at radius 1 is 0.897 bits per heavy atom. The van der Waals surface area contributed by atoms with Gasteiger partial charge in [-0.15, -0.1) is 0 Å². The fraction of sp³-hybridized carbons (Fsp3) is 0.391. The molecule has 152 valence electrons. The molecule has 6 nitrogen and oxygen atoms in total. The van der Waals surface area contributed by atoms with Crippen molar-refractivity contribution >= 4 is 11.8 Å². The number of amides is 2. The van der Waals surface area contributed by atoms with Gasteiger partial charge in [0.05, 0.1) is 0 Å². The molecule has 2 heterocycles. The second kappa shape index (κ2) is 8.55. The van der Waals surface area contributed by atoms with Crippen molar-refractivity contribution in [1.29, 1.82) is 0 Å². The van der Waals surface area contributed by atoms with Crippen molar-refractivity contribution < 1.29 is 19.1 Å². The number of benzene rings is 2. The summed E-state index contributed by atoms with van der Waals surface area (Å²) >= 11 is 0. The Bertz CT molecular complexity index is 894. The molecule has 0 saturated carbocycles. The largest absolute Gasteiger partial charge is 0.454 e. The molecule has 0 atom stereocenters. The van der Waals surface area contributed by atoms with E-state index in [2.05, 4.69) is 31.2 Å². The topological polar surface area (TPSA) is 59.1 Å². The van der Waals surface area contributed by atoms with Crippen molar-refractivity contribution in [1.82, 2.24) is 9.80 Å². The Balaban J connectivity index is 1.32. The van der Waals surface area contributed by atoms with E-state index in [0.717, 1.165) is 12.8 Å². The SMILES string of the molecule is Cc1ccc(CCC(=O)N2CCCN(C(=O)c3ccc4c(c3)OCO4)CC2)cc1. The van der Waals surface area contributed by atoms with Crippen LogP contribution >= 0.6 is 0 Å². The molecular weight excluding hydrogens is 368 g/mol. The minimum Gasteiger partial charge on any atom is -0.454 e. The molecule has 0 aliphatic carbocycles. The van der Waals surface area contributed by atoms with Crippen molar-refractivity contribution in [3.63, 3.8) is 0 Å². The number of rotatable bonds is 4. The van der Waals surface area contributed by atoms with Gasteiger partial charge in [-0.25, -0.2) is 0 Å². The van der Waals surface area contributed by atoms with Gasteiger partial charge in [0.15, 0.2) is 11.5 Å². The maximum atomic E-state index is 12.9. The predicted octanol–water partition coefficient (Wildman–Crippen LogP) is 3.03. The lowest BCUT2D eigenvalue weighted by molar-refractivity contribution is -0.131. The smallest absolute Gasteiger partial charge is 0.254 e. The van der Waals surface area contributed by atoms with Crippen LogP contribution < -0.4 is 9.47 Å². The fourth-order valence-corrected chi connectivity index (χ4v) is 3.75. The predicted molar refractivity (Wildman–Crippen MR) is 109 cm³/mol. The van der Waals surface area contributed by atoms with E-state index in [1.807, 2.05) is 9.80 Å². The van der Waals surface area contributed by atoms with Crippen LogP contribution in [-0.2, 0) is 11.2 Å². The van der Waals surface area contributed by atoms with Gasteiger partial charge in [0.1, 0.15) is 0 Å². The lowest BCUT2D eigenvalue weighted by Gasteiger charge is -2.22. The summed E-state index contributed by atoms with van der Waals surface area (Å²) in [4.78, 5) is 29.3. The summed E-state index contributed by atoms with van der Waals surface area (Å²) in [7, 11) is 0. The Labute approximate surface area is 171 Å². The molecular formula is C23H26N2O4. The van der Waals surface area contributed by atoms with Crippen LogP contribution in [0.5, 0.6) is 11.5 Å². The summed E-state index contributed by atoms with van der Waals surface area (Å²) < 4.78 is 10.7. The minimum absolute atomic E-state index is 0.0303. The van der Waals surface area contributed by atoms with E-state index < -0.39 is 0 Å². The van der Waals surface area contributed by atoms with Crippen LogP contribution in [0, 0.1) is 6.92 Å². The third-order valence-electron chi connectivity index (χ3n) is 5.50. The molecule has 4 rings (SSSR count). The minimum atomic E-state index is -0.0303. The monoisotopic (exact) mass is 394 g/mol. The van der Waals surface area contributed by atoms with E-state index in [0.29, 0.717) is 49.7 Å². The van der Waals surface area contributed by atoms with Crippen LogP contribution in [0.4, 0.5) is 0 Å². The van der Waals surface area contributed by atoms with E-state index in [4.69, 9.17) is 9.47 Å². The summed E-state index contributed by atoms with van der Waals surface area (Å²) in [5.41, 5.74) is 2.99. The molecule has 0 radical (unpaired) electrons.